The first-order valence-corrected chi connectivity index (χ1v) is 21.2. The third-order valence-electron chi connectivity index (χ3n) is 10.3. The molecule has 0 fully saturated rings. The summed E-state index contributed by atoms with van der Waals surface area (Å²) in [5, 5.41) is 38.3. The van der Waals surface area contributed by atoms with Gasteiger partial charge in [-0.1, -0.05) is 73.7 Å². The van der Waals surface area contributed by atoms with Crippen LogP contribution < -0.4 is 25.8 Å². The third-order valence-corrected chi connectivity index (χ3v) is 10.3. The summed E-state index contributed by atoms with van der Waals surface area (Å²) in [6.45, 7) is 6.67. The molecule has 1 aliphatic carbocycles. The molecule has 5 N–H and O–H groups in total. The highest BCUT2D eigenvalue weighted by Gasteiger charge is 2.31. The van der Waals surface area contributed by atoms with E-state index >= 15 is 0 Å². The average molecular weight is 880 g/mol. The van der Waals surface area contributed by atoms with Crippen LogP contribution in [0.1, 0.15) is 88.8 Å². The Bertz CT molecular complexity index is 2120. The summed E-state index contributed by atoms with van der Waals surface area (Å²) in [7, 11) is 0. The lowest BCUT2D eigenvalue weighted by molar-refractivity contribution is -0.145. The Labute approximate surface area is 366 Å². The molecule has 3 aromatic rings. The van der Waals surface area contributed by atoms with Crippen LogP contribution in [0.4, 0.5) is 18.0 Å². The summed E-state index contributed by atoms with van der Waals surface area (Å²) in [6.07, 6.45) is 9.82. The highest BCUT2D eigenvalue weighted by atomic mass is 19.4. The highest BCUT2D eigenvalue weighted by molar-refractivity contribution is 5.85. The lowest BCUT2D eigenvalue weighted by Crippen LogP contribution is -2.44. The van der Waals surface area contributed by atoms with Gasteiger partial charge in [-0.3, -0.25) is 14.6 Å². The number of amides is 2. The van der Waals surface area contributed by atoms with E-state index in [0.29, 0.717) is 31.2 Å². The van der Waals surface area contributed by atoms with Crippen molar-refractivity contribution in [3.63, 3.8) is 0 Å². The van der Waals surface area contributed by atoms with Crippen LogP contribution in [0.15, 0.2) is 91.3 Å². The number of alkyl carbamates (subject to hydrolysis) is 1. The van der Waals surface area contributed by atoms with Crippen molar-refractivity contribution < 1.29 is 57.1 Å². The first kappa shape index (κ1) is 50.1. The van der Waals surface area contributed by atoms with Crippen LogP contribution in [0.3, 0.4) is 0 Å². The molecule has 0 saturated heterocycles. The van der Waals surface area contributed by atoms with Gasteiger partial charge in [0.1, 0.15) is 30.7 Å². The van der Waals surface area contributed by atoms with Crippen LogP contribution in [0.2, 0.25) is 0 Å². The molecule has 1 aliphatic rings. The molecular weight excluding hydrogens is 820 g/mol. The minimum absolute atomic E-state index is 0.00205. The number of aromatic nitrogens is 1. The van der Waals surface area contributed by atoms with E-state index in [4.69, 9.17) is 14.2 Å². The number of pyridine rings is 1. The molecule has 12 nitrogen and oxygen atoms in total. The van der Waals surface area contributed by atoms with Crippen LogP contribution in [0.25, 0.3) is 12.2 Å². The summed E-state index contributed by atoms with van der Waals surface area (Å²) in [5.74, 6) is -1.96. The van der Waals surface area contributed by atoms with Crippen molar-refractivity contribution in [1.29, 1.82) is 0 Å². The summed E-state index contributed by atoms with van der Waals surface area (Å²) >= 11 is 0. The topological polar surface area (TPSA) is 177 Å². The molecule has 0 spiro atoms. The van der Waals surface area contributed by atoms with Crippen LogP contribution in [-0.4, -0.2) is 81.9 Å². The maximum atomic E-state index is 13.7. The molecule has 342 valence electrons. The number of ether oxygens (including phenoxy) is 3. The minimum Gasteiger partial charge on any atom is -0.491 e. The number of allylic oxidation sites excluding steroid dienone is 3. The fraction of sp³-hybridized carbons (Fsp3) is 0.458. The molecule has 1 heterocycles. The van der Waals surface area contributed by atoms with Crippen molar-refractivity contribution >= 4 is 30.1 Å². The Morgan fingerprint density at radius 3 is 2.48 bits per heavy atom. The molecule has 0 aliphatic heterocycles. The number of halogens is 3. The normalized spacial score (nSPS) is 16.4. The monoisotopic (exact) mass is 879 g/mol. The zero-order valence-corrected chi connectivity index (χ0v) is 36.2. The number of hydrogen-bond acceptors (Lipinski definition) is 10. The number of unbranched alkanes of at least 4 members (excludes halogenated alkanes) is 1. The number of nitrogens with zero attached hydrogens (tertiary/aromatic N) is 1. The maximum absolute atomic E-state index is 13.7. The first-order chi connectivity index (χ1) is 29.9. The van der Waals surface area contributed by atoms with Gasteiger partial charge in [-0.05, 0) is 111 Å². The van der Waals surface area contributed by atoms with E-state index in [1.807, 2.05) is 37.3 Å². The summed E-state index contributed by atoms with van der Waals surface area (Å²) in [6, 6.07) is 13.1. The van der Waals surface area contributed by atoms with Crippen molar-refractivity contribution in [3.05, 3.63) is 118 Å². The Morgan fingerprint density at radius 1 is 1.00 bits per heavy atom. The second-order valence-corrected chi connectivity index (χ2v) is 16.6. The van der Waals surface area contributed by atoms with E-state index < -0.39 is 41.6 Å². The van der Waals surface area contributed by atoms with Crippen molar-refractivity contribution in [2.75, 3.05) is 19.8 Å². The molecule has 2 aromatic carbocycles. The van der Waals surface area contributed by atoms with Gasteiger partial charge >= 0.3 is 18.2 Å². The Balaban J connectivity index is 1.23. The van der Waals surface area contributed by atoms with Gasteiger partial charge in [-0.25, -0.2) is 4.79 Å². The van der Waals surface area contributed by atoms with Crippen molar-refractivity contribution in [2.45, 2.75) is 109 Å². The number of aliphatic hydroxyl groups excluding tert-OH is 3. The number of carbonyl (C=O) groups excluding carboxylic acids is 3. The molecule has 6 atom stereocenters. The molecule has 15 heteroatoms. The smallest absolute Gasteiger partial charge is 0.416 e. The summed E-state index contributed by atoms with van der Waals surface area (Å²) < 4.78 is 55.3. The Morgan fingerprint density at radius 2 is 1.76 bits per heavy atom. The average Bonchev–Trinajstić information content (AvgIpc) is 3.23. The quantitative estimate of drug-likeness (QED) is 0.0457. The molecule has 63 heavy (non-hydrogen) atoms. The van der Waals surface area contributed by atoms with Gasteiger partial charge in [0.05, 0.1) is 23.6 Å². The van der Waals surface area contributed by atoms with E-state index in [1.54, 1.807) is 63.5 Å². The van der Waals surface area contributed by atoms with Crippen LogP contribution >= 0.6 is 0 Å². The highest BCUT2D eigenvalue weighted by Crippen LogP contribution is 2.31. The molecule has 4 unspecified atom stereocenters. The second-order valence-electron chi connectivity index (χ2n) is 16.6. The van der Waals surface area contributed by atoms with Crippen LogP contribution in [-0.2, 0) is 31.8 Å². The van der Waals surface area contributed by atoms with Gasteiger partial charge in [-0.15, -0.1) is 0 Å². The summed E-state index contributed by atoms with van der Waals surface area (Å²) in [4.78, 5) is 42.9. The Hall–Kier alpha value is -5.51. The van der Waals surface area contributed by atoms with E-state index in [1.165, 1.54) is 18.2 Å². The number of fused-ring (bicyclic) bond motifs is 1. The molecule has 1 aromatic heterocycles. The van der Waals surface area contributed by atoms with Crippen LogP contribution in [0.5, 0.6) is 5.75 Å². The van der Waals surface area contributed by atoms with Crippen molar-refractivity contribution in [1.82, 2.24) is 15.6 Å². The second kappa shape index (κ2) is 24.4. The molecule has 4 rings (SSSR count). The predicted octanol–water partition coefficient (Wildman–Crippen LogP) is 6.01. The molecule has 0 bridgehead atoms. The van der Waals surface area contributed by atoms with Gasteiger partial charge in [0.2, 0.25) is 5.91 Å². The summed E-state index contributed by atoms with van der Waals surface area (Å²) in [5.41, 5.74) is -0.185. The van der Waals surface area contributed by atoms with Gasteiger partial charge < -0.3 is 40.2 Å². The fourth-order valence-electron chi connectivity index (χ4n) is 6.86. The molecular formula is C48H60F3N3O9. The van der Waals surface area contributed by atoms with Crippen LogP contribution in [0, 0.1) is 11.8 Å². The van der Waals surface area contributed by atoms with Gasteiger partial charge in [0.15, 0.2) is 0 Å². The van der Waals surface area contributed by atoms with Crippen molar-refractivity contribution in [3.8, 4) is 5.75 Å². The van der Waals surface area contributed by atoms with Gasteiger partial charge in [-0.2, -0.15) is 13.2 Å². The fourth-order valence-corrected chi connectivity index (χ4v) is 6.86. The number of carbonyl (C=O) groups is 3. The van der Waals surface area contributed by atoms with Crippen molar-refractivity contribution in [2.24, 2.45) is 11.8 Å². The molecule has 0 saturated carbocycles. The van der Waals surface area contributed by atoms with E-state index in [2.05, 4.69) is 15.6 Å². The van der Waals surface area contributed by atoms with Gasteiger partial charge in [0, 0.05) is 32.0 Å². The molecule has 0 radical (unpaired) electrons. The SMILES string of the molecule is C[C@H](/C=C/C(O)COc1cccc(C(F)(F)F)c1)[C@@H](C/C=C\CCCC(=O)OCc1ccc(C(CNC(=O)OC(C)(C)C)C(=O)NC2C=c3ccncc3=CC2)cc1)C(O)CCO. The van der Waals surface area contributed by atoms with Gasteiger partial charge in [0.25, 0.3) is 0 Å². The number of benzene rings is 2. The number of esters is 1. The third kappa shape index (κ3) is 17.6. The lowest BCUT2D eigenvalue weighted by atomic mass is 9.84. The Kier molecular flexibility index (Phi) is 19.4. The zero-order valence-electron chi connectivity index (χ0n) is 36.2. The number of hydrogen-bond donors (Lipinski definition) is 5. The standard InChI is InChI=1S/C48H60F3N3O9/c1-32(14-21-39(56)31-61-40-11-9-10-37(27-40)48(49,50)51)41(43(57)23-25-55)12-7-5-6-8-13-44(58)62-30-33-15-17-34(18-16-33)42(29-53-46(60)63-47(2,3)4)45(59)54-38-20-19-36-28-52-24-22-35(36)26-38/h5,7,9-11,14-19,21-22,24,26-28,32,38-39,41-43,55-57H,6,8,12-13,20,23,25,29-31H2,1-4H3,(H,53,60)(H,54,59)/b7-5-,21-14+/t32-,38?,39?,41-,42?,43?/m1/s1. The predicted molar refractivity (Wildman–Crippen MR) is 232 cm³/mol. The largest absolute Gasteiger partial charge is 0.491 e. The van der Waals surface area contributed by atoms with E-state index in [9.17, 15) is 42.9 Å². The number of rotatable bonds is 22. The number of aliphatic hydroxyl groups is 3. The number of nitrogens with one attached hydrogen (secondary N) is 2. The lowest BCUT2D eigenvalue weighted by Gasteiger charge is -2.26. The number of alkyl halides is 3. The molecule has 2 amide bonds. The minimum atomic E-state index is -4.52. The van der Waals surface area contributed by atoms with E-state index in [-0.39, 0.29) is 74.7 Å². The maximum Gasteiger partial charge on any atom is 0.416 e. The van der Waals surface area contributed by atoms with E-state index in [0.717, 1.165) is 28.1 Å². The first-order valence-electron chi connectivity index (χ1n) is 21.2. The zero-order chi connectivity index (χ0) is 46.0.